The smallest absolute Gasteiger partial charge is 0.267 e. The number of H-pyrrole nitrogens is 1. The van der Waals surface area contributed by atoms with Gasteiger partial charge in [-0.3, -0.25) is 9.59 Å². The minimum Gasteiger partial charge on any atom is -0.350 e. The van der Waals surface area contributed by atoms with E-state index < -0.39 is 5.56 Å². The first-order valence-corrected chi connectivity index (χ1v) is 7.99. The average molecular weight is 347 g/mol. The van der Waals surface area contributed by atoms with Crippen molar-refractivity contribution in [2.75, 3.05) is 0 Å². The van der Waals surface area contributed by atoms with Crippen LogP contribution in [-0.2, 0) is 4.79 Å². The molecule has 1 fully saturated rings. The zero-order valence-corrected chi connectivity index (χ0v) is 13.8. The summed E-state index contributed by atoms with van der Waals surface area (Å²) in [6.07, 6.45) is 2.84. The maximum atomic E-state index is 14.5. The van der Waals surface area contributed by atoms with E-state index in [1.807, 2.05) is 0 Å². The molecular formula is C18H16ClFN2O2. The van der Waals surface area contributed by atoms with E-state index in [4.69, 9.17) is 11.6 Å². The molecule has 0 radical (unpaired) electrons. The Hall–Kier alpha value is -2.40. The Labute approximate surface area is 143 Å². The van der Waals surface area contributed by atoms with E-state index in [0.717, 1.165) is 5.56 Å². The predicted molar refractivity (Wildman–Crippen MR) is 91.5 cm³/mol. The molecule has 1 amide bonds. The van der Waals surface area contributed by atoms with E-state index >= 15 is 0 Å². The van der Waals surface area contributed by atoms with Crippen molar-refractivity contribution >= 4 is 23.1 Å². The second-order valence-corrected chi connectivity index (χ2v) is 6.23. The summed E-state index contributed by atoms with van der Waals surface area (Å²) in [6, 6.07) is 7.81. The number of aromatic amines is 1. The highest BCUT2D eigenvalue weighted by atomic mass is 35.5. The third-order valence-electron chi connectivity index (χ3n) is 3.96. The van der Waals surface area contributed by atoms with Crippen LogP contribution in [0.5, 0.6) is 0 Å². The maximum absolute atomic E-state index is 14.5. The lowest BCUT2D eigenvalue weighted by atomic mass is 9.97. The topological polar surface area (TPSA) is 62.0 Å². The summed E-state index contributed by atoms with van der Waals surface area (Å²) in [5.41, 5.74) is 1.69. The van der Waals surface area contributed by atoms with Gasteiger partial charge >= 0.3 is 0 Å². The first-order chi connectivity index (χ1) is 11.4. The minimum absolute atomic E-state index is 0.0374. The molecular weight excluding hydrogens is 331 g/mol. The van der Waals surface area contributed by atoms with Crippen molar-refractivity contribution in [3.8, 4) is 0 Å². The summed E-state index contributed by atoms with van der Waals surface area (Å²) >= 11 is 5.78. The lowest BCUT2D eigenvalue weighted by Crippen LogP contribution is -2.23. The third-order valence-corrected chi connectivity index (χ3v) is 4.26. The number of aryl methyl sites for hydroxylation is 1. The van der Waals surface area contributed by atoms with Gasteiger partial charge in [-0.05, 0) is 37.1 Å². The highest BCUT2D eigenvalue weighted by Gasteiger charge is 2.21. The van der Waals surface area contributed by atoms with Crippen molar-refractivity contribution in [2.45, 2.75) is 25.8 Å². The van der Waals surface area contributed by atoms with E-state index in [1.165, 1.54) is 12.1 Å². The van der Waals surface area contributed by atoms with Gasteiger partial charge in [0.2, 0.25) is 5.91 Å². The maximum Gasteiger partial charge on any atom is 0.267 e. The van der Waals surface area contributed by atoms with Crippen molar-refractivity contribution in [2.24, 2.45) is 0 Å². The molecule has 3 rings (SSSR count). The number of benzene rings is 1. The molecule has 124 valence electrons. The molecule has 1 atom stereocenters. The summed E-state index contributed by atoms with van der Waals surface area (Å²) < 4.78 is 14.5. The van der Waals surface area contributed by atoms with Crippen LogP contribution in [0.1, 0.15) is 29.7 Å². The van der Waals surface area contributed by atoms with E-state index in [0.29, 0.717) is 29.7 Å². The van der Waals surface area contributed by atoms with Crippen molar-refractivity contribution < 1.29 is 9.18 Å². The van der Waals surface area contributed by atoms with E-state index in [-0.39, 0.29) is 22.8 Å². The normalized spacial score (nSPS) is 17.9. The Morgan fingerprint density at radius 3 is 2.71 bits per heavy atom. The fraction of sp³-hybridized carbons (Fsp3) is 0.222. The van der Waals surface area contributed by atoms with Gasteiger partial charge in [0.05, 0.1) is 0 Å². The highest BCUT2D eigenvalue weighted by Crippen LogP contribution is 2.27. The number of carbonyl (C=O) groups excluding carboxylic acids is 1. The fourth-order valence-corrected chi connectivity index (χ4v) is 2.85. The summed E-state index contributed by atoms with van der Waals surface area (Å²) in [5, 5.41) is 2.89. The van der Waals surface area contributed by atoms with Gasteiger partial charge in [0.1, 0.15) is 10.8 Å². The molecule has 2 heterocycles. The van der Waals surface area contributed by atoms with Crippen LogP contribution in [0.15, 0.2) is 41.2 Å². The Balaban J connectivity index is 2.13. The molecule has 24 heavy (non-hydrogen) atoms. The third kappa shape index (κ3) is 3.41. The summed E-state index contributed by atoms with van der Waals surface area (Å²) in [7, 11) is 0. The van der Waals surface area contributed by atoms with Crippen LogP contribution < -0.4 is 10.9 Å². The van der Waals surface area contributed by atoms with Gasteiger partial charge in [-0.25, -0.2) is 4.39 Å². The van der Waals surface area contributed by atoms with Crippen LogP contribution >= 0.6 is 11.6 Å². The summed E-state index contributed by atoms with van der Waals surface area (Å²) in [5.74, 6) is -0.425. The Morgan fingerprint density at radius 1 is 1.29 bits per heavy atom. The number of hydrogen-bond donors (Lipinski definition) is 2. The molecule has 0 bridgehead atoms. The number of amides is 1. The zero-order chi connectivity index (χ0) is 17.3. The number of halogens is 2. The first-order valence-electron chi connectivity index (χ1n) is 7.61. The molecule has 4 nitrogen and oxygen atoms in total. The molecule has 1 aliphatic heterocycles. The second kappa shape index (κ2) is 6.61. The molecule has 0 spiro atoms. The molecule has 1 aromatic heterocycles. The van der Waals surface area contributed by atoms with Gasteiger partial charge in [-0.15, -0.1) is 0 Å². The summed E-state index contributed by atoms with van der Waals surface area (Å²) in [6.45, 7) is 1.80. The van der Waals surface area contributed by atoms with Gasteiger partial charge in [0.15, 0.2) is 0 Å². The largest absolute Gasteiger partial charge is 0.350 e. The van der Waals surface area contributed by atoms with Crippen LogP contribution in [0.25, 0.3) is 5.57 Å². The van der Waals surface area contributed by atoms with Gasteiger partial charge in [-0.2, -0.15) is 0 Å². The van der Waals surface area contributed by atoms with E-state index in [1.54, 1.807) is 31.2 Å². The number of nitrogens with one attached hydrogen (secondary N) is 2. The van der Waals surface area contributed by atoms with Crippen molar-refractivity contribution in [1.29, 1.82) is 0 Å². The molecule has 0 saturated carbocycles. The monoisotopic (exact) mass is 346 g/mol. The number of pyridine rings is 1. The lowest BCUT2D eigenvalue weighted by molar-refractivity contribution is -0.119. The molecule has 6 heteroatoms. The Bertz CT molecular complexity index is 889. The van der Waals surface area contributed by atoms with E-state index in [2.05, 4.69) is 10.3 Å². The standard InChI is InChI=1S/C18H16ClFN2O2/c1-10-2-4-12(15(20)8-10)13(9-11-3-7-17(23)21-11)16-6-5-14(19)18(24)22-16/h2,4-6,8-9,11H,3,7H2,1H3,(H,21,23)(H,22,24)/b13-9+/t11-/m1/s1. The Kier molecular flexibility index (Phi) is 4.53. The molecule has 0 unspecified atom stereocenters. The van der Waals surface area contributed by atoms with Crippen molar-refractivity contribution in [1.82, 2.24) is 10.3 Å². The molecule has 1 aromatic carbocycles. The van der Waals surface area contributed by atoms with Gasteiger partial charge < -0.3 is 10.3 Å². The van der Waals surface area contributed by atoms with Crippen LogP contribution in [0.4, 0.5) is 4.39 Å². The van der Waals surface area contributed by atoms with Crippen LogP contribution in [0.3, 0.4) is 0 Å². The molecule has 0 aliphatic carbocycles. The molecule has 2 N–H and O–H groups in total. The summed E-state index contributed by atoms with van der Waals surface area (Å²) in [4.78, 5) is 25.9. The SMILES string of the molecule is Cc1ccc(/C(=C\[C@H]2CCC(=O)N2)c2ccc(Cl)c(=O)[nH]2)c(F)c1. The van der Waals surface area contributed by atoms with Crippen LogP contribution in [-0.4, -0.2) is 16.9 Å². The van der Waals surface area contributed by atoms with Crippen LogP contribution in [0.2, 0.25) is 5.02 Å². The van der Waals surface area contributed by atoms with Gasteiger partial charge in [0.25, 0.3) is 5.56 Å². The average Bonchev–Trinajstić information content (AvgIpc) is 2.94. The highest BCUT2D eigenvalue weighted by molar-refractivity contribution is 6.30. The number of rotatable bonds is 3. The quantitative estimate of drug-likeness (QED) is 0.896. The van der Waals surface area contributed by atoms with E-state index in [9.17, 15) is 14.0 Å². The van der Waals surface area contributed by atoms with Crippen molar-refractivity contribution in [3.63, 3.8) is 0 Å². The number of aromatic nitrogens is 1. The molecule has 2 aromatic rings. The van der Waals surface area contributed by atoms with Crippen LogP contribution in [0, 0.1) is 12.7 Å². The predicted octanol–water partition coefficient (Wildman–Crippen LogP) is 3.19. The molecule has 1 aliphatic rings. The zero-order valence-electron chi connectivity index (χ0n) is 13.0. The molecule has 1 saturated heterocycles. The first kappa shape index (κ1) is 16.5. The fourth-order valence-electron chi connectivity index (χ4n) is 2.74. The van der Waals surface area contributed by atoms with Gasteiger partial charge in [-0.1, -0.05) is 29.8 Å². The Morgan fingerprint density at radius 2 is 2.08 bits per heavy atom. The minimum atomic E-state index is -0.442. The van der Waals surface area contributed by atoms with Gasteiger partial charge in [0, 0.05) is 29.3 Å². The number of hydrogen-bond acceptors (Lipinski definition) is 2. The lowest BCUT2D eigenvalue weighted by Gasteiger charge is -2.13. The van der Waals surface area contributed by atoms with Crippen molar-refractivity contribution in [3.05, 3.63) is 74.4 Å². The second-order valence-electron chi connectivity index (χ2n) is 5.83. The number of carbonyl (C=O) groups is 1.